The third-order valence-corrected chi connectivity index (χ3v) is 13.2. The lowest BCUT2D eigenvalue weighted by Crippen LogP contribution is -2.07. The number of aryl methyl sites for hydroxylation is 3. The third kappa shape index (κ3) is 18.0. The van der Waals surface area contributed by atoms with Gasteiger partial charge in [0, 0.05) is 65.7 Å². The zero-order valence-corrected chi connectivity index (χ0v) is 45.6. The van der Waals surface area contributed by atoms with Crippen LogP contribution in [-0.2, 0) is 33.6 Å². The van der Waals surface area contributed by atoms with Gasteiger partial charge < -0.3 is 46.6 Å². The maximum Gasteiger partial charge on any atom is 0.173 e. The molecule has 72 heavy (non-hydrogen) atoms. The summed E-state index contributed by atoms with van der Waals surface area (Å²) >= 11 is 3.42. The van der Waals surface area contributed by atoms with Crippen LogP contribution in [0.2, 0.25) is 0 Å². The van der Waals surface area contributed by atoms with E-state index in [1.54, 1.807) is 27.4 Å². The number of nitrogens with two attached hydrogens (primary N) is 2. The summed E-state index contributed by atoms with van der Waals surface area (Å²) in [7, 11) is 5.98. The molecule has 10 rings (SSSR count). The highest BCUT2D eigenvalue weighted by Crippen LogP contribution is 2.24. The van der Waals surface area contributed by atoms with Gasteiger partial charge in [-0.05, 0) is 70.1 Å². The number of halogens is 1. The number of hydrogen-bond acceptors (Lipinski definition) is 13. The van der Waals surface area contributed by atoms with E-state index in [1.807, 2.05) is 42.1 Å². The lowest BCUT2D eigenvalue weighted by Gasteiger charge is -2.10. The molecule has 6 heterocycles. The number of nitrogens with zero attached hydrogens (tertiary/aromatic N) is 10. The second-order valence-electron chi connectivity index (χ2n) is 18.2. The van der Waals surface area contributed by atoms with Gasteiger partial charge in [-0.15, -0.1) is 0 Å². The fraction of sp³-hybridized carbons (Fsp3) is 0.519. The number of hydrogen-bond donors (Lipinski definition) is 7. The van der Waals surface area contributed by atoms with Crippen LogP contribution in [0.4, 0.5) is 23.3 Å². The van der Waals surface area contributed by atoms with Crippen molar-refractivity contribution in [1.82, 2.24) is 48.3 Å². The number of aromatic nitrogens is 10. The molecule has 0 aliphatic heterocycles. The Bertz CT molecular complexity index is 2720. The van der Waals surface area contributed by atoms with Crippen molar-refractivity contribution in [2.75, 3.05) is 42.9 Å². The number of nitrogens with one attached hydrogen (secondary N) is 2. The molecule has 0 saturated heterocycles. The van der Waals surface area contributed by atoms with E-state index < -0.39 is 0 Å². The Balaban J connectivity index is 0.000000215. The topological polar surface area (TPSA) is 233 Å². The first kappa shape index (κ1) is 58.7. The fourth-order valence-corrected chi connectivity index (χ4v) is 8.84. The second-order valence-corrected chi connectivity index (χ2v) is 19.0. The average molecular weight is 1060 g/mol. The summed E-state index contributed by atoms with van der Waals surface area (Å²) in [6.07, 6.45) is 30.9. The Morgan fingerprint density at radius 1 is 0.625 bits per heavy atom. The van der Waals surface area contributed by atoms with Gasteiger partial charge in [0.2, 0.25) is 0 Å². The summed E-state index contributed by atoms with van der Waals surface area (Å²) in [6, 6.07) is 16.1. The minimum Gasteiger partial charge on any atom is -0.400 e. The third-order valence-electron chi connectivity index (χ3n) is 12.6. The molecule has 2 aliphatic rings. The molecule has 9 N–H and O–H groups in total. The van der Waals surface area contributed by atoms with Crippen molar-refractivity contribution < 1.29 is 15.3 Å². The number of aliphatic hydroxyl groups is 3. The zero-order chi connectivity index (χ0) is 52.3. The van der Waals surface area contributed by atoms with E-state index in [0.29, 0.717) is 37.0 Å². The molecular formula is C54H83BrN14O3. The van der Waals surface area contributed by atoms with E-state index in [9.17, 15) is 0 Å². The number of nitrogen functional groups attached to an aromatic ring is 2. The first-order chi connectivity index (χ1) is 35.1. The summed E-state index contributed by atoms with van der Waals surface area (Å²) in [5.41, 5.74) is 20.9. The Kier molecular flexibility index (Phi) is 26.3. The number of rotatable bonds is 12. The molecule has 6 aromatic heterocycles. The molecule has 0 unspecified atom stereocenters. The molecule has 8 aromatic rings. The molecule has 0 bridgehead atoms. The van der Waals surface area contributed by atoms with Crippen molar-refractivity contribution in [2.24, 2.45) is 20.0 Å². The number of anilines is 4. The monoisotopic (exact) mass is 1050 g/mol. The molecule has 2 saturated carbocycles. The summed E-state index contributed by atoms with van der Waals surface area (Å²) in [6.45, 7) is 8.13. The smallest absolute Gasteiger partial charge is 0.173 e. The summed E-state index contributed by atoms with van der Waals surface area (Å²) in [5.74, 6) is 3.27. The van der Waals surface area contributed by atoms with E-state index in [-0.39, 0.29) is 0 Å². The number of imidazole rings is 2. The van der Waals surface area contributed by atoms with Crippen LogP contribution >= 0.6 is 15.9 Å². The Morgan fingerprint density at radius 2 is 1.06 bits per heavy atom. The minimum absolute atomic E-state index is 0.352. The van der Waals surface area contributed by atoms with E-state index in [4.69, 9.17) is 26.8 Å². The second kappa shape index (κ2) is 32.3. The van der Waals surface area contributed by atoms with Crippen LogP contribution < -0.4 is 22.1 Å². The molecule has 2 aromatic carbocycles. The molecule has 2 fully saturated rings. The number of aliphatic hydroxyl groups excluding tert-OH is 3. The van der Waals surface area contributed by atoms with Gasteiger partial charge in [0.25, 0.3) is 0 Å². The predicted molar refractivity (Wildman–Crippen MR) is 300 cm³/mol. The highest BCUT2D eigenvalue weighted by molar-refractivity contribution is 9.10. The largest absolute Gasteiger partial charge is 0.400 e. The number of benzene rings is 2. The summed E-state index contributed by atoms with van der Waals surface area (Å²) in [5, 5.41) is 38.0. The van der Waals surface area contributed by atoms with E-state index >= 15 is 0 Å². The first-order valence-electron chi connectivity index (χ1n) is 25.8. The minimum atomic E-state index is 0.352. The van der Waals surface area contributed by atoms with Gasteiger partial charge in [-0.3, -0.25) is 0 Å². The predicted octanol–water partition coefficient (Wildman–Crippen LogP) is 11.0. The van der Waals surface area contributed by atoms with E-state index in [2.05, 4.69) is 114 Å². The van der Waals surface area contributed by atoms with Gasteiger partial charge in [-0.25, -0.2) is 19.9 Å². The highest BCUT2D eigenvalue weighted by atomic mass is 79.9. The summed E-state index contributed by atoms with van der Waals surface area (Å²) in [4.78, 5) is 17.4. The van der Waals surface area contributed by atoms with Crippen LogP contribution in [0.25, 0.3) is 33.4 Å². The van der Waals surface area contributed by atoms with E-state index in [1.165, 1.54) is 96.3 Å². The number of fused-ring (bicyclic) bond motifs is 4. The molecular weight excluding hydrogens is 973 g/mol. The summed E-state index contributed by atoms with van der Waals surface area (Å²) < 4.78 is 8.34. The molecule has 0 amide bonds. The van der Waals surface area contributed by atoms with Crippen LogP contribution in [0.1, 0.15) is 140 Å². The van der Waals surface area contributed by atoms with Crippen LogP contribution in [0.5, 0.6) is 0 Å². The Labute approximate surface area is 435 Å². The normalized spacial score (nSPS) is 13.3. The lowest BCUT2D eigenvalue weighted by molar-refractivity contribution is 0.257. The van der Waals surface area contributed by atoms with Crippen LogP contribution in [-0.4, -0.2) is 84.4 Å². The van der Waals surface area contributed by atoms with Gasteiger partial charge in [0.15, 0.2) is 11.3 Å². The van der Waals surface area contributed by atoms with Gasteiger partial charge >= 0.3 is 0 Å². The first-order valence-corrected chi connectivity index (χ1v) is 26.6. The molecule has 2 aliphatic carbocycles. The fourth-order valence-electron chi connectivity index (χ4n) is 8.49. The van der Waals surface area contributed by atoms with Crippen molar-refractivity contribution in [3.63, 3.8) is 0 Å². The lowest BCUT2D eigenvalue weighted by atomic mass is 10.0. The number of unbranched alkanes of at least 4 members (excludes halogenated alkanes) is 1. The quantitative estimate of drug-likeness (QED) is 0.0604. The van der Waals surface area contributed by atoms with Crippen molar-refractivity contribution >= 4 is 72.6 Å². The highest BCUT2D eigenvalue weighted by Gasteiger charge is 2.12. The standard InChI is InChI=1S/C17H19N7.C15H14BrN7.C8H18O.2C6H12.2CH4O/c1-3-12-9-21-24-16(7-15(18)22-17(12)24)19-8-11-4-5-14-13(6-11)20-10-23(14)2;1-22-8-19-11-4-9(2-3-12(11)22)6-18-14-5-13(17)21-15-10(16)7-20-23(14)15;1-3-4-5-8(2)6-7-9;2*1-2-4-6-5-3-1;2*1-2/h4-7,9-10,19H,3,8H2,1-2H3,(H2,18,22);2-5,7-8,18H,6H2,1H3,(H2,17,21);8-9H,3-7H2,1-2H3;2*1-6H2;2*2H,1H3/t;;8-;;;;/m..0..../s1. The Morgan fingerprint density at radius 3 is 1.49 bits per heavy atom. The maximum atomic E-state index is 8.54. The van der Waals surface area contributed by atoms with Crippen molar-refractivity contribution in [2.45, 2.75) is 143 Å². The van der Waals surface area contributed by atoms with Gasteiger partial charge in [-0.1, -0.05) is 129 Å². The molecule has 0 spiro atoms. The van der Waals surface area contributed by atoms with Gasteiger partial charge in [0.1, 0.15) is 23.3 Å². The molecule has 18 heteroatoms. The van der Waals surface area contributed by atoms with Crippen molar-refractivity contribution in [1.29, 1.82) is 0 Å². The van der Waals surface area contributed by atoms with Gasteiger partial charge in [0.05, 0.1) is 51.6 Å². The van der Waals surface area contributed by atoms with Crippen molar-refractivity contribution in [3.05, 3.63) is 94.7 Å². The van der Waals surface area contributed by atoms with Crippen LogP contribution in [0.15, 0.2) is 78.1 Å². The average Bonchev–Trinajstić information content (AvgIpc) is 4.22. The van der Waals surface area contributed by atoms with Crippen LogP contribution in [0, 0.1) is 5.92 Å². The Hall–Kier alpha value is -5.82. The SMILES string of the molecule is C1CCCCC1.C1CCCCC1.CCCC[C@H](C)CCO.CCc1cnn2c(NCc3ccc4c(c3)ncn4C)cc(N)nc12.CO.CO.Cn1cnc2cc(CNc3cc(N)nc4c(Br)cnn34)ccc21. The maximum absolute atomic E-state index is 8.54. The van der Waals surface area contributed by atoms with Crippen molar-refractivity contribution in [3.8, 4) is 0 Å². The van der Waals surface area contributed by atoms with Gasteiger partial charge in [-0.2, -0.15) is 19.2 Å². The van der Waals surface area contributed by atoms with E-state index in [0.717, 1.165) is 93.5 Å². The zero-order valence-electron chi connectivity index (χ0n) is 44.0. The van der Waals surface area contributed by atoms with Crippen LogP contribution in [0.3, 0.4) is 0 Å². The molecule has 1 atom stereocenters. The molecule has 17 nitrogen and oxygen atoms in total. The molecule has 394 valence electrons. The molecule has 0 radical (unpaired) electrons.